The highest BCUT2D eigenvalue weighted by Crippen LogP contribution is 2.15. The Morgan fingerprint density at radius 3 is 2.71 bits per heavy atom. The summed E-state index contributed by atoms with van der Waals surface area (Å²) in [5.41, 5.74) is 5.83. The van der Waals surface area contributed by atoms with E-state index in [0.29, 0.717) is 6.04 Å². The summed E-state index contributed by atoms with van der Waals surface area (Å²) in [4.78, 5) is 2.58. The Hall–Kier alpha value is 0.620. The highest BCUT2D eigenvalue weighted by atomic mass is 32.2. The molecule has 0 radical (unpaired) electrons. The van der Waals surface area contributed by atoms with Crippen LogP contribution in [0.1, 0.15) is 12.8 Å². The molecule has 1 aliphatic rings. The molecule has 0 spiro atoms. The third-order valence-electron chi connectivity index (χ3n) is 2.72. The molecule has 1 saturated heterocycles. The zero-order valence-electron chi connectivity index (χ0n) is 9.08. The van der Waals surface area contributed by atoms with Crippen LogP contribution >= 0.6 is 23.5 Å². The molecule has 84 valence electrons. The molecule has 0 aliphatic carbocycles. The molecule has 0 aromatic rings. The number of nitrogens with two attached hydrogens (primary N) is 1. The van der Waals surface area contributed by atoms with E-state index in [1.54, 1.807) is 0 Å². The number of nitrogens with zero attached hydrogens (tertiary/aromatic N) is 1. The van der Waals surface area contributed by atoms with Gasteiger partial charge in [0.2, 0.25) is 0 Å². The molecule has 2 N–H and O–H groups in total. The predicted octanol–water partition coefficient (Wildman–Crippen LogP) is 1.51. The van der Waals surface area contributed by atoms with E-state index in [0.717, 1.165) is 6.54 Å². The Kier molecular flexibility index (Phi) is 7.12. The van der Waals surface area contributed by atoms with E-state index in [9.17, 15) is 0 Å². The van der Waals surface area contributed by atoms with Gasteiger partial charge in [0.25, 0.3) is 0 Å². The van der Waals surface area contributed by atoms with E-state index in [2.05, 4.69) is 22.9 Å². The van der Waals surface area contributed by atoms with E-state index >= 15 is 0 Å². The van der Waals surface area contributed by atoms with Gasteiger partial charge in [-0.25, -0.2) is 0 Å². The van der Waals surface area contributed by atoms with Gasteiger partial charge in [-0.1, -0.05) is 0 Å². The van der Waals surface area contributed by atoms with Gasteiger partial charge in [-0.2, -0.15) is 23.5 Å². The van der Waals surface area contributed by atoms with Crippen LogP contribution in [0, 0.1) is 0 Å². The van der Waals surface area contributed by atoms with Gasteiger partial charge in [-0.05, 0) is 24.9 Å². The summed E-state index contributed by atoms with van der Waals surface area (Å²) in [7, 11) is 0. The first-order valence-electron chi connectivity index (χ1n) is 5.39. The summed E-state index contributed by atoms with van der Waals surface area (Å²) in [6, 6.07) is 0.642. The standard InChI is InChI=1S/C10H22N2S2/c1-13-6-2-3-10(9-11)12-4-7-14-8-5-12/h10H,2-9,11H2,1H3. The van der Waals surface area contributed by atoms with Gasteiger partial charge in [0.15, 0.2) is 0 Å². The van der Waals surface area contributed by atoms with Crippen LogP contribution in [0.3, 0.4) is 0 Å². The van der Waals surface area contributed by atoms with E-state index in [1.165, 1.54) is 43.2 Å². The highest BCUT2D eigenvalue weighted by Gasteiger charge is 2.18. The molecule has 1 aliphatic heterocycles. The van der Waals surface area contributed by atoms with Gasteiger partial charge in [0.1, 0.15) is 0 Å². The minimum atomic E-state index is 0.642. The lowest BCUT2D eigenvalue weighted by atomic mass is 10.1. The van der Waals surface area contributed by atoms with Gasteiger partial charge in [-0.3, -0.25) is 4.90 Å². The van der Waals surface area contributed by atoms with Crippen LogP contribution in [-0.4, -0.2) is 54.1 Å². The van der Waals surface area contributed by atoms with Crippen LogP contribution < -0.4 is 5.73 Å². The van der Waals surface area contributed by atoms with Crippen LogP contribution in [0.5, 0.6) is 0 Å². The van der Waals surface area contributed by atoms with E-state index in [-0.39, 0.29) is 0 Å². The Balaban J connectivity index is 2.21. The van der Waals surface area contributed by atoms with Crippen molar-refractivity contribution < 1.29 is 0 Å². The SMILES string of the molecule is CSCCCC(CN)N1CCSCC1. The summed E-state index contributed by atoms with van der Waals surface area (Å²) in [6.45, 7) is 3.32. The van der Waals surface area contributed by atoms with Crippen LogP contribution in [0.2, 0.25) is 0 Å². The van der Waals surface area contributed by atoms with E-state index in [4.69, 9.17) is 5.73 Å². The second-order valence-corrected chi connectivity index (χ2v) is 5.88. The molecule has 2 nitrogen and oxygen atoms in total. The Morgan fingerprint density at radius 2 is 2.14 bits per heavy atom. The lowest BCUT2D eigenvalue weighted by Crippen LogP contribution is -2.45. The summed E-state index contributed by atoms with van der Waals surface area (Å²) >= 11 is 4.01. The molecule has 1 unspecified atom stereocenters. The van der Waals surface area contributed by atoms with Crippen LogP contribution in [0.4, 0.5) is 0 Å². The second kappa shape index (κ2) is 7.85. The van der Waals surface area contributed by atoms with Gasteiger partial charge in [0.05, 0.1) is 0 Å². The Labute approximate surface area is 96.4 Å². The molecule has 0 aromatic carbocycles. The Morgan fingerprint density at radius 1 is 1.43 bits per heavy atom. The summed E-state index contributed by atoms with van der Waals surface area (Å²) in [5, 5.41) is 0. The quantitative estimate of drug-likeness (QED) is 0.706. The molecule has 4 heteroatoms. The topological polar surface area (TPSA) is 29.3 Å². The van der Waals surface area contributed by atoms with Gasteiger partial charge < -0.3 is 5.73 Å². The Bertz CT molecular complexity index is 138. The van der Waals surface area contributed by atoms with Crippen molar-refractivity contribution in [2.45, 2.75) is 18.9 Å². The van der Waals surface area contributed by atoms with Gasteiger partial charge in [0, 0.05) is 37.2 Å². The molecule has 1 heterocycles. The highest BCUT2D eigenvalue weighted by molar-refractivity contribution is 7.99. The smallest absolute Gasteiger partial charge is 0.0219 e. The largest absolute Gasteiger partial charge is 0.329 e. The van der Waals surface area contributed by atoms with E-state index in [1.807, 2.05) is 11.8 Å². The first-order valence-corrected chi connectivity index (χ1v) is 7.94. The van der Waals surface area contributed by atoms with Crippen molar-refractivity contribution >= 4 is 23.5 Å². The summed E-state index contributed by atoms with van der Waals surface area (Å²) < 4.78 is 0. The van der Waals surface area contributed by atoms with E-state index < -0.39 is 0 Å². The number of thioether (sulfide) groups is 2. The third kappa shape index (κ3) is 4.43. The van der Waals surface area contributed by atoms with Crippen LogP contribution in [-0.2, 0) is 0 Å². The fourth-order valence-electron chi connectivity index (χ4n) is 1.86. The molecule has 14 heavy (non-hydrogen) atoms. The molecule has 1 atom stereocenters. The monoisotopic (exact) mass is 234 g/mol. The lowest BCUT2D eigenvalue weighted by molar-refractivity contribution is 0.209. The molecule has 1 fully saturated rings. The lowest BCUT2D eigenvalue weighted by Gasteiger charge is -2.33. The molecular weight excluding hydrogens is 212 g/mol. The molecule has 0 aromatic heterocycles. The van der Waals surface area contributed by atoms with Crippen molar-refractivity contribution in [2.75, 3.05) is 43.1 Å². The third-order valence-corrected chi connectivity index (χ3v) is 4.36. The fraction of sp³-hybridized carbons (Fsp3) is 1.00. The van der Waals surface area contributed by atoms with Gasteiger partial charge >= 0.3 is 0 Å². The van der Waals surface area contributed by atoms with Crippen molar-refractivity contribution in [2.24, 2.45) is 5.73 Å². The second-order valence-electron chi connectivity index (χ2n) is 3.67. The van der Waals surface area contributed by atoms with Crippen molar-refractivity contribution in [1.29, 1.82) is 0 Å². The molecule has 0 amide bonds. The average Bonchev–Trinajstić information content (AvgIpc) is 2.26. The number of rotatable bonds is 6. The van der Waals surface area contributed by atoms with Crippen molar-refractivity contribution in [3.63, 3.8) is 0 Å². The molecule has 0 bridgehead atoms. The average molecular weight is 234 g/mol. The maximum atomic E-state index is 5.83. The molecule has 0 saturated carbocycles. The number of hydrogen-bond acceptors (Lipinski definition) is 4. The maximum Gasteiger partial charge on any atom is 0.0219 e. The zero-order valence-corrected chi connectivity index (χ0v) is 10.7. The first kappa shape index (κ1) is 12.7. The minimum absolute atomic E-state index is 0.642. The normalized spacial score (nSPS) is 21.0. The first-order chi connectivity index (χ1) is 6.88. The minimum Gasteiger partial charge on any atom is -0.329 e. The summed E-state index contributed by atoms with van der Waals surface area (Å²) in [6.07, 6.45) is 4.77. The summed E-state index contributed by atoms with van der Waals surface area (Å²) in [5.74, 6) is 3.86. The fourth-order valence-corrected chi connectivity index (χ4v) is 3.24. The molecule has 1 rings (SSSR count). The predicted molar refractivity (Wildman–Crippen MR) is 69.4 cm³/mol. The van der Waals surface area contributed by atoms with Crippen LogP contribution in [0.15, 0.2) is 0 Å². The van der Waals surface area contributed by atoms with Crippen LogP contribution in [0.25, 0.3) is 0 Å². The van der Waals surface area contributed by atoms with Crippen molar-refractivity contribution in [1.82, 2.24) is 4.90 Å². The van der Waals surface area contributed by atoms with Crippen molar-refractivity contribution in [3.8, 4) is 0 Å². The number of hydrogen-bond donors (Lipinski definition) is 1. The van der Waals surface area contributed by atoms with Crippen molar-refractivity contribution in [3.05, 3.63) is 0 Å². The zero-order chi connectivity index (χ0) is 10.2. The maximum absolute atomic E-state index is 5.83. The molecular formula is C10H22N2S2. The van der Waals surface area contributed by atoms with Gasteiger partial charge in [-0.15, -0.1) is 0 Å².